The summed E-state index contributed by atoms with van der Waals surface area (Å²) in [6.07, 6.45) is 0. The number of methoxy groups -OCH3 is 1. The maximum Gasteiger partial charge on any atom is 0.320 e. The fourth-order valence-electron chi connectivity index (χ4n) is 1.34. The van der Waals surface area contributed by atoms with Gasteiger partial charge in [0.25, 0.3) is 0 Å². The van der Waals surface area contributed by atoms with Crippen LogP contribution in [0.1, 0.15) is 13.8 Å². The van der Waals surface area contributed by atoms with Crippen LogP contribution < -0.4 is 15.8 Å². The summed E-state index contributed by atoms with van der Waals surface area (Å²) in [5.74, 6) is -1.16. The second-order valence-electron chi connectivity index (χ2n) is 5.10. The Bertz CT molecular complexity index is 664. The minimum absolute atomic E-state index is 0.0935. The molecule has 0 saturated heterocycles. The van der Waals surface area contributed by atoms with Crippen LogP contribution in [-0.4, -0.2) is 39.5 Å². The van der Waals surface area contributed by atoms with Crippen molar-refractivity contribution in [3.8, 4) is 0 Å². The van der Waals surface area contributed by atoms with Gasteiger partial charge >= 0.3 is 5.97 Å². The van der Waals surface area contributed by atoms with E-state index in [1.807, 2.05) is 0 Å². The summed E-state index contributed by atoms with van der Waals surface area (Å²) in [5, 5.41) is 2.52. The molecule has 122 valence electrons. The molecule has 0 aromatic heterocycles. The number of nitrogens with two attached hydrogens (primary N) is 1. The molecule has 9 heteroatoms. The first-order valence-corrected chi connectivity index (χ1v) is 7.81. The van der Waals surface area contributed by atoms with Gasteiger partial charge in [-0.3, -0.25) is 9.59 Å². The van der Waals surface area contributed by atoms with E-state index in [1.165, 1.54) is 38.1 Å². The Morgan fingerprint density at radius 1 is 1.32 bits per heavy atom. The van der Waals surface area contributed by atoms with Crippen LogP contribution in [0.25, 0.3) is 0 Å². The number of ether oxygens (including phenoxy) is 1. The number of anilines is 1. The summed E-state index contributed by atoms with van der Waals surface area (Å²) >= 11 is 0. The zero-order valence-electron chi connectivity index (χ0n) is 12.5. The molecule has 0 radical (unpaired) electrons. The number of esters is 1. The molecule has 0 atom stereocenters. The highest BCUT2D eigenvalue weighted by molar-refractivity contribution is 7.89. The maximum atomic E-state index is 12.0. The van der Waals surface area contributed by atoms with Gasteiger partial charge in [0, 0.05) is 5.69 Å². The van der Waals surface area contributed by atoms with Gasteiger partial charge in [-0.2, -0.15) is 4.72 Å². The lowest BCUT2D eigenvalue weighted by Gasteiger charge is -2.18. The van der Waals surface area contributed by atoms with Crippen LogP contribution in [0.15, 0.2) is 29.2 Å². The van der Waals surface area contributed by atoms with E-state index in [0.717, 1.165) is 7.11 Å². The third-order valence-corrected chi connectivity index (χ3v) is 4.02. The molecule has 0 aliphatic heterocycles. The molecule has 0 aliphatic rings. The molecule has 1 rings (SSSR count). The zero-order valence-corrected chi connectivity index (χ0v) is 13.4. The number of benzene rings is 1. The molecule has 1 aromatic carbocycles. The van der Waals surface area contributed by atoms with Crippen LogP contribution in [0.4, 0.5) is 5.69 Å². The molecule has 0 saturated carbocycles. The molecular formula is C13H19N3O5S. The first-order chi connectivity index (χ1) is 10.1. The highest BCUT2D eigenvalue weighted by Gasteiger charge is 2.22. The van der Waals surface area contributed by atoms with Gasteiger partial charge in [0.15, 0.2) is 0 Å². The monoisotopic (exact) mass is 329 g/mol. The average molecular weight is 329 g/mol. The van der Waals surface area contributed by atoms with Crippen molar-refractivity contribution in [2.24, 2.45) is 5.73 Å². The Balaban J connectivity index is 2.92. The molecular weight excluding hydrogens is 310 g/mol. The van der Waals surface area contributed by atoms with Crippen molar-refractivity contribution in [2.75, 3.05) is 19.0 Å². The minimum atomic E-state index is -3.89. The van der Waals surface area contributed by atoms with Crippen LogP contribution >= 0.6 is 0 Å². The average Bonchev–Trinajstić information content (AvgIpc) is 2.44. The highest BCUT2D eigenvalue weighted by atomic mass is 32.2. The lowest BCUT2D eigenvalue weighted by molar-refractivity contribution is -0.139. The molecule has 0 spiro atoms. The lowest BCUT2D eigenvalue weighted by Crippen LogP contribution is -2.45. The quantitative estimate of drug-likeness (QED) is 0.621. The summed E-state index contributed by atoms with van der Waals surface area (Å²) in [7, 11) is -2.74. The van der Waals surface area contributed by atoms with Crippen LogP contribution in [0.2, 0.25) is 0 Å². The number of carbonyl (C=O) groups excluding carboxylic acids is 2. The van der Waals surface area contributed by atoms with Crippen molar-refractivity contribution < 1.29 is 22.7 Å². The Morgan fingerprint density at radius 3 is 2.50 bits per heavy atom. The van der Waals surface area contributed by atoms with E-state index in [4.69, 9.17) is 5.73 Å². The van der Waals surface area contributed by atoms with Crippen molar-refractivity contribution >= 4 is 27.6 Å². The zero-order chi connectivity index (χ0) is 17.0. The topological polar surface area (TPSA) is 128 Å². The fraction of sp³-hybridized carbons (Fsp3) is 0.385. The van der Waals surface area contributed by atoms with E-state index < -0.39 is 34.0 Å². The van der Waals surface area contributed by atoms with Crippen molar-refractivity contribution in [1.82, 2.24) is 4.72 Å². The van der Waals surface area contributed by atoms with Gasteiger partial charge < -0.3 is 15.8 Å². The van der Waals surface area contributed by atoms with E-state index in [9.17, 15) is 18.0 Å². The molecule has 22 heavy (non-hydrogen) atoms. The molecule has 0 fully saturated rings. The third kappa shape index (κ3) is 5.10. The molecule has 1 amide bonds. The number of sulfonamides is 1. The van der Waals surface area contributed by atoms with Gasteiger partial charge in [-0.15, -0.1) is 0 Å². The fourth-order valence-corrected chi connectivity index (χ4v) is 2.36. The first-order valence-electron chi connectivity index (χ1n) is 6.33. The van der Waals surface area contributed by atoms with Crippen molar-refractivity contribution in [3.05, 3.63) is 24.3 Å². The van der Waals surface area contributed by atoms with Gasteiger partial charge in [-0.25, -0.2) is 8.42 Å². The van der Waals surface area contributed by atoms with Gasteiger partial charge in [0.1, 0.15) is 6.54 Å². The van der Waals surface area contributed by atoms with E-state index in [2.05, 4.69) is 14.8 Å². The van der Waals surface area contributed by atoms with E-state index in [-0.39, 0.29) is 10.6 Å². The number of hydrogen-bond donors (Lipinski definition) is 3. The molecule has 0 aliphatic carbocycles. The predicted molar refractivity (Wildman–Crippen MR) is 80.5 cm³/mol. The molecule has 8 nitrogen and oxygen atoms in total. The van der Waals surface area contributed by atoms with Crippen molar-refractivity contribution in [3.63, 3.8) is 0 Å². The second-order valence-corrected chi connectivity index (χ2v) is 6.87. The number of hydrogen-bond acceptors (Lipinski definition) is 6. The third-order valence-electron chi connectivity index (χ3n) is 2.62. The van der Waals surface area contributed by atoms with E-state index >= 15 is 0 Å². The Kier molecular flexibility index (Phi) is 5.64. The van der Waals surface area contributed by atoms with Crippen LogP contribution in [0.3, 0.4) is 0 Å². The summed E-state index contributed by atoms with van der Waals surface area (Å²) < 4.78 is 30.5. The summed E-state index contributed by atoms with van der Waals surface area (Å²) in [6.45, 7) is 2.58. The lowest BCUT2D eigenvalue weighted by atomic mass is 10.1. The normalized spacial score (nSPS) is 11.8. The number of rotatable bonds is 6. The minimum Gasteiger partial charge on any atom is -0.468 e. The molecule has 1 aromatic rings. The summed E-state index contributed by atoms with van der Waals surface area (Å²) in [4.78, 5) is 22.7. The Labute approximate surface area is 129 Å². The smallest absolute Gasteiger partial charge is 0.320 e. The summed E-state index contributed by atoms with van der Waals surface area (Å²) in [5.41, 5.74) is 4.84. The van der Waals surface area contributed by atoms with Crippen LogP contribution in [0.5, 0.6) is 0 Å². The van der Waals surface area contributed by atoms with Crippen LogP contribution in [-0.2, 0) is 24.3 Å². The summed E-state index contributed by atoms with van der Waals surface area (Å²) in [6, 6.07) is 5.60. The van der Waals surface area contributed by atoms with Gasteiger partial charge in [0.2, 0.25) is 15.9 Å². The van der Waals surface area contributed by atoms with Gasteiger partial charge in [-0.05, 0) is 32.0 Å². The molecule has 0 unspecified atom stereocenters. The molecule has 0 bridgehead atoms. The molecule has 4 N–H and O–H groups in total. The van der Waals surface area contributed by atoms with Crippen molar-refractivity contribution in [1.29, 1.82) is 0 Å². The predicted octanol–water partition coefficient (Wildman–Crippen LogP) is -0.186. The Hall–Kier alpha value is -1.97. The van der Waals surface area contributed by atoms with Crippen molar-refractivity contribution in [2.45, 2.75) is 24.3 Å². The van der Waals surface area contributed by atoms with Gasteiger partial charge in [-0.1, -0.05) is 6.07 Å². The SMILES string of the molecule is COC(=O)CNS(=O)(=O)c1cccc(NC(=O)C(C)(C)N)c1. The second kappa shape index (κ2) is 6.86. The van der Waals surface area contributed by atoms with E-state index in [1.54, 1.807) is 0 Å². The number of amides is 1. The van der Waals surface area contributed by atoms with Gasteiger partial charge in [0.05, 0.1) is 17.5 Å². The maximum absolute atomic E-state index is 12.0. The van der Waals surface area contributed by atoms with E-state index in [0.29, 0.717) is 0 Å². The molecule has 0 heterocycles. The Morgan fingerprint density at radius 2 is 1.95 bits per heavy atom. The van der Waals surface area contributed by atoms with Crippen LogP contribution in [0, 0.1) is 0 Å². The largest absolute Gasteiger partial charge is 0.468 e. The number of nitrogens with one attached hydrogen (secondary N) is 2. The number of carbonyl (C=O) groups is 2. The standard InChI is InChI=1S/C13H19N3O5S/c1-13(2,14)12(18)16-9-5-4-6-10(7-9)22(19,20)15-8-11(17)21-3/h4-7,15H,8,14H2,1-3H3,(H,16,18). The first kappa shape index (κ1) is 18.1. The highest BCUT2D eigenvalue weighted by Crippen LogP contribution is 2.16.